The third kappa shape index (κ3) is 4.30. The molecule has 0 bridgehead atoms. The second-order valence-corrected chi connectivity index (χ2v) is 12.1. The number of carbonyl (C=O) groups excluding carboxylic acids is 1. The van der Waals surface area contributed by atoms with Gasteiger partial charge in [-0.15, -0.1) is 23.1 Å². The Kier molecular flexibility index (Phi) is 5.75. The number of sulfone groups is 1. The van der Waals surface area contributed by atoms with Gasteiger partial charge in [0.1, 0.15) is 0 Å². The van der Waals surface area contributed by atoms with Gasteiger partial charge in [-0.05, 0) is 55.3 Å². The van der Waals surface area contributed by atoms with Crippen molar-refractivity contribution in [2.45, 2.75) is 24.3 Å². The van der Waals surface area contributed by atoms with Gasteiger partial charge < -0.3 is 5.32 Å². The second kappa shape index (κ2) is 8.58. The molecule has 170 valence electrons. The van der Waals surface area contributed by atoms with E-state index >= 15 is 0 Å². The Balaban J connectivity index is 1.64. The molecule has 4 heterocycles. The Hall–Kier alpha value is -2.69. The monoisotopic (exact) mass is 498 g/mol. The molecular weight excluding hydrogens is 476 g/mol. The molecule has 33 heavy (non-hydrogen) atoms. The van der Waals surface area contributed by atoms with E-state index in [4.69, 9.17) is 4.98 Å². The third-order valence-corrected chi connectivity index (χ3v) is 9.11. The zero-order valence-electron chi connectivity index (χ0n) is 18.1. The van der Waals surface area contributed by atoms with Gasteiger partial charge in [0.2, 0.25) is 0 Å². The standard InChI is InChI=1S/C23H22N4O3S3/c1-14-21-18(23(28)24-15-5-3-6-17(11-15)31-2)12-19(20-7-4-9-32-20)25-22(21)27(26-14)16-8-10-33(29,30)13-16/h3-7,9,11-12,16H,8,10,13H2,1-2H3,(H,24,28). The maximum Gasteiger partial charge on any atom is 0.256 e. The molecule has 7 nitrogen and oxygen atoms in total. The molecule has 1 amide bonds. The average Bonchev–Trinajstić information content (AvgIpc) is 3.52. The van der Waals surface area contributed by atoms with Crippen LogP contribution in [0.5, 0.6) is 0 Å². The van der Waals surface area contributed by atoms with E-state index in [2.05, 4.69) is 10.4 Å². The van der Waals surface area contributed by atoms with E-state index < -0.39 is 9.84 Å². The maximum absolute atomic E-state index is 13.5. The van der Waals surface area contributed by atoms with Crippen molar-refractivity contribution in [1.29, 1.82) is 0 Å². The van der Waals surface area contributed by atoms with Crippen molar-refractivity contribution in [3.63, 3.8) is 0 Å². The number of rotatable bonds is 5. The highest BCUT2D eigenvalue weighted by molar-refractivity contribution is 7.98. The fourth-order valence-corrected chi connectivity index (χ4v) is 7.00. The SMILES string of the molecule is CSc1cccc(NC(=O)c2cc(-c3cccs3)nc3c2c(C)nn3C2CCS(=O)(=O)C2)c1. The van der Waals surface area contributed by atoms with Crippen LogP contribution in [0, 0.1) is 6.92 Å². The summed E-state index contributed by atoms with van der Waals surface area (Å²) in [7, 11) is -3.10. The third-order valence-electron chi connectivity index (χ3n) is 5.74. The number of aromatic nitrogens is 3. The van der Waals surface area contributed by atoms with Gasteiger partial charge in [-0.2, -0.15) is 5.10 Å². The predicted molar refractivity (Wildman–Crippen MR) is 134 cm³/mol. The van der Waals surface area contributed by atoms with Gasteiger partial charge in [0.05, 0.1) is 44.8 Å². The zero-order chi connectivity index (χ0) is 23.2. The highest BCUT2D eigenvalue weighted by Crippen LogP contribution is 2.33. The minimum absolute atomic E-state index is 0.0388. The van der Waals surface area contributed by atoms with Crippen LogP contribution < -0.4 is 5.32 Å². The number of benzene rings is 1. The molecule has 1 fully saturated rings. The first-order chi connectivity index (χ1) is 15.8. The molecule has 0 aliphatic carbocycles. The van der Waals surface area contributed by atoms with Crippen molar-refractivity contribution in [2.75, 3.05) is 23.1 Å². The molecule has 1 aliphatic heterocycles. The summed E-state index contributed by atoms with van der Waals surface area (Å²) in [6.45, 7) is 1.83. The number of pyridine rings is 1. The number of nitrogens with zero attached hydrogens (tertiary/aromatic N) is 3. The number of fused-ring (bicyclic) bond motifs is 1. The lowest BCUT2D eigenvalue weighted by molar-refractivity contribution is 0.102. The molecular formula is C23H22N4O3S3. The number of hydrogen-bond donors (Lipinski definition) is 1. The van der Waals surface area contributed by atoms with Gasteiger partial charge in [0.25, 0.3) is 5.91 Å². The van der Waals surface area contributed by atoms with Crippen molar-refractivity contribution in [2.24, 2.45) is 0 Å². The quantitative estimate of drug-likeness (QED) is 0.397. The summed E-state index contributed by atoms with van der Waals surface area (Å²) in [5.74, 6) is -0.0704. The average molecular weight is 499 g/mol. The summed E-state index contributed by atoms with van der Waals surface area (Å²) < 4.78 is 25.9. The summed E-state index contributed by atoms with van der Waals surface area (Å²) in [5.41, 5.74) is 3.05. The van der Waals surface area contributed by atoms with E-state index in [1.54, 1.807) is 22.5 Å². The summed E-state index contributed by atoms with van der Waals surface area (Å²) in [6.07, 6.45) is 2.48. The zero-order valence-corrected chi connectivity index (χ0v) is 20.6. The number of thiophene rings is 1. The van der Waals surface area contributed by atoms with Crippen LogP contribution in [0.1, 0.15) is 28.5 Å². The van der Waals surface area contributed by atoms with E-state index in [-0.39, 0.29) is 23.5 Å². The fourth-order valence-electron chi connectivity index (χ4n) is 4.16. The van der Waals surface area contributed by atoms with E-state index in [9.17, 15) is 13.2 Å². The largest absolute Gasteiger partial charge is 0.322 e. The van der Waals surface area contributed by atoms with Gasteiger partial charge in [0, 0.05) is 10.6 Å². The van der Waals surface area contributed by atoms with Gasteiger partial charge in [-0.3, -0.25) is 4.79 Å². The van der Waals surface area contributed by atoms with Crippen molar-refractivity contribution < 1.29 is 13.2 Å². The molecule has 0 spiro atoms. The number of anilines is 1. The Morgan fingerprint density at radius 1 is 1.24 bits per heavy atom. The van der Waals surface area contributed by atoms with Gasteiger partial charge in [-0.25, -0.2) is 18.1 Å². The van der Waals surface area contributed by atoms with Crippen molar-refractivity contribution >= 4 is 55.6 Å². The lowest BCUT2D eigenvalue weighted by Gasteiger charge is -2.12. The number of thioether (sulfide) groups is 1. The Morgan fingerprint density at radius 2 is 2.09 bits per heavy atom. The maximum atomic E-state index is 13.5. The normalized spacial score (nSPS) is 17.5. The van der Waals surface area contributed by atoms with Crippen LogP contribution in [0.4, 0.5) is 5.69 Å². The van der Waals surface area contributed by atoms with Crippen LogP contribution in [0.25, 0.3) is 21.6 Å². The van der Waals surface area contributed by atoms with Crippen LogP contribution >= 0.6 is 23.1 Å². The highest BCUT2D eigenvalue weighted by atomic mass is 32.2. The first kappa shape index (κ1) is 22.1. The molecule has 4 aromatic rings. The Morgan fingerprint density at radius 3 is 2.79 bits per heavy atom. The molecule has 1 N–H and O–H groups in total. The smallest absolute Gasteiger partial charge is 0.256 e. The van der Waals surface area contributed by atoms with E-state index in [0.717, 1.165) is 9.77 Å². The molecule has 3 aromatic heterocycles. The summed E-state index contributed by atoms with van der Waals surface area (Å²) in [5, 5.41) is 10.3. The van der Waals surface area contributed by atoms with Crippen LogP contribution in [0.2, 0.25) is 0 Å². The minimum atomic E-state index is -3.10. The lowest BCUT2D eigenvalue weighted by atomic mass is 10.1. The molecule has 0 radical (unpaired) electrons. The number of amides is 1. The first-order valence-electron chi connectivity index (χ1n) is 10.4. The van der Waals surface area contributed by atoms with E-state index in [0.29, 0.717) is 40.1 Å². The molecule has 1 unspecified atom stereocenters. The van der Waals surface area contributed by atoms with Crippen LogP contribution in [0.3, 0.4) is 0 Å². The van der Waals surface area contributed by atoms with E-state index in [1.165, 1.54) is 11.3 Å². The van der Waals surface area contributed by atoms with Gasteiger partial charge in [0.15, 0.2) is 15.5 Å². The van der Waals surface area contributed by atoms with Crippen LogP contribution in [-0.4, -0.2) is 46.9 Å². The number of carbonyl (C=O) groups is 1. The highest BCUT2D eigenvalue weighted by Gasteiger charge is 2.32. The van der Waals surface area contributed by atoms with Crippen molar-refractivity contribution in [3.05, 3.63) is 59.1 Å². The van der Waals surface area contributed by atoms with Gasteiger partial charge >= 0.3 is 0 Å². The predicted octanol–water partition coefficient (Wildman–Crippen LogP) is 4.80. The minimum Gasteiger partial charge on any atom is -0.322 e. The molecule has 10 heteroatoms. The molecule has 1 aliphatic rings. The number of hydrogen-bond acceptors (Lipinski definition) is 7. The molecule has 1 atom stereocenters. The molecule has 5 rings (SSSR count). The Bertz CT molecular complexity index is 1460. The molecule has 1 saturated heterocycles. The van der Waals surface area contributed by atoms with Crippen molar-refractivity contribution in [3.8, 4) is 10.6 Å². The first-order valence-corrected chi connectivity index (χ1v) is 14.4. The molecule has 1 aromatic carbocycles. The van der Waals surface area contributed by atoms with Crippen molar-refractivity contribution in [1.82, 2.24) is 14.8 Å². The van der Waals surface area contributed by atoms with Gasteiger partial charge in [-0.1, -0.05) is 12.1 Å². The fraction of sp³-hybridized carbons (Fsp3) is 0.261. The van der Waals surface area contributed by atoms with Crippen LogP contribution in [-0.2, 0) is 9.84 Å². The molecule has 0 saturated carbocycles. The topological polar surface area (TPSA) is 93.9 Å². The lowest BCUT2D eigenvalue weighted by Crippen LogP contribution is -2.15. The summed E-state index contributed by atoms with van der Waals surface area (Å²) in [6, 6.07) is 13.1. The number of nitrogens with one attached hydrogen (secondary N) is 1. The number of aryl methyl sites for hydroxylation is 1. The van der Waals surface area contributed by atoms with Crippen LogP contribution in [0.15, 0.2) is 52.7 Å². The summed E-state index contributed by atoms with van der Waals surface area (Å²) >= 11 is 3.14. The second-order valence-electron chi connectivity index (χ2n) is 8.00. The van der Waals surface area contributed by atoms with E-state index in [1.807, 2.05) is 55.0 Å². The Labute approximate surface area is 200 Å². The summed E-state index contributed by atoms with van der Waals surface area (Å²) in [4.78, 5) is 20.3.